The predicted octanol–water partition coefficient (Wildman–Crippen LogP) is 1.05. The van der Waals surface area contributed by atoms with Crippen molar-refractivity contribution in [3.8, 4) is 0 Å². The fourth-order valence-electron chi connectivity index (χ4n) is 1.90. The highest BCUT2D eigenvalue weighted by molar-refractivity contribution is 7.89. The van der Waals surface area contributed by atoms with Gasteiger partial charge in [0.2, 0.25) is 10.0 Å². The van der Waals surface area contributed by atoms with E-state index in [1.54, 1.807) is 17.2 Å². The molecule has 0 unspecified atom stereocenters. The van der Waals surface area contributed by atoms with Gasteiger partial charge in [-0.2, -0.15) is 0 Å². The van der Waals surface area contributed by atoms with Crippen molar-refractivity contribution in [2.24, 2.45) is 0 Å². The van der Waals surface area contributed by atoms with Crippen molar-refractivity contribution in [1.82, 2.24) is 4.31 Å². The third kappa shape index (κ3) is 2.83. The van der Waals surface area contributed by atoms with Gasteiger partial charge in [0.1, 0.15) is 0 Å². The minimum absolute atomic E-state index is 0.218. The van der Waals surface area contributed by atoms with Crippen LogP contribution >= 0.6 is 0 Å². The Morgan fingerprint density at radius 2 is 2.05 bits per heavy atom. The highest BCUT2D eigenvalue weighted by atomic mass is 32.2. The zero-order valence-electron chi connectivity index (χ0n) is 11.2. The van der Waals surface area contributed by atoms with Gasteiger partial charge in [0.05, 0.1) is 22.9 Å². The van der Waals surface area contributed by atoms with Crippen molar-refractivity contribution in [3.63, 3.8) is 0 Å². The van der Waals surface area contributed by atoms with Crippen molar-refractivity contribution in [1.29, 1.82) is 0 Å². The quantitative estimate of drug-likeness (QED) is 0.840. The lowest BCUT2D eigenvalue weighted by atomic mass is 10.2. The van der Waals surface area contributed by atoms with E-state index < -0.39 is 10.0 Å². The lowest BCUT2D eigenvalue weighted by molar-refractivity contribution is 0.0780. The van der Waals surface area contributed by atoms with Crippen LogP contribution in [-0.4, -0.2) is 40.0 Å². The van der Waals surface area contributed by atoms with Gasteiger partial charge in [0.25, 0.3) is 0 Å². The van der Waals surface area contributed by atoms with Crippen LogP contribution in [0.2, 0.25) is 0 Å². The Bertz CT molecular complexity index is 551. The molecular formula is C12H19N3O3S. The number of nitrogens with two attached hydrogens (primary N) is 1. The molecule has 1 saturated heterocycles. The molecule has 1 aromatic rings. The van der Waals surface area contributed by atoms with Crippen LogP contribution in [0.25, 0.3) is 0 Å². The molecule has 106 valence electrons. The van der Waals surface area contributed by atoms with Crippen LogP contribution in [-0.2, 0) is 14.9 Å². The zero-order valence-corrected chi connectivity index (χ0v) is 12.0. The summed E-state index contributed by atoms with van der Waals surface area (Å²) in [6.07, 6.45) is 2.01. The Labute approximate surface area is 113 Å². The molecular weight excluding hydrogens is 266 g/mol. The number of nitrogens with zero attached hydrogens (tertiary/aromatic N) is 2. The molecule has 1 aliphatic heterocycles. The lowest BCUT2D eigenvalue weighted by Gasteiger charge is -2.29. The Balaban J connectivity index is 2.40. The van der Waals surface area contributed by atoms with E-state index in [9.17, 15) is 8.42 Å². The maximum Gasteiger partial charge on any atom is 0.242 e. The molecule has 1 heterocycles. The summed E-state index contributed by atoms with van der Waals surface area (Å²) in [5.74, 6) is 0. The Morgan fingerprint density at radius 3 is 2.63 bits per heavy atom. The molecule has 7 heteroatoms. The van der Waals surface area contributed by atoms with Crippen LogP contribution in [0.5, 0.6) is 0 Å². The van der Waals surface area contributed by atoms with Crippen molar-refractivity contribution < 1.29 is 13.3 Å². The molecule has 2 N–H and O–H groups in total. The van der Waals surface area contributed by atoms with E-state index in [1.165, 1.54) is 24.5 Å². The van der Waals surface area contributed by atoms with Crippen LogP contribution in [0.3, 0.4) is 0 Å². The number of sulfonamides is 1. The Hall–Kier alpha value is -1.31. The highest BCUT2D eigenvalue weighted by Crippen LogP contribution is 2.29. The van der Waals surface area contributed by atoms with Crippen molar-refractivity contribution in [2.45, 2.75) is 17.7 Å². The highest BCUT2D eigenvalue weighted by Gasteiger charge is 2.21. The number of hydroxylamine groups is 1. The SMILES string of the molecule is CN(C)S(=O)(=O)c1ccc(N)c(N2CCCCO2)c1. The summed E-state index contributed by atoms with van der Waals surface area (Å²) in [4.78, 5) is 5.74. The number of nitrogen functional groups attached to an aromatic ring is 1. The van der Waals surface area contributed by atoms with Crippen LogP contribution in [0.15, 0.2) is 23.1 Å². The second-order valence-corrected chi connectivity index (χ2v) is 6.80. The molecule has 1 aliphatic rings. The van der Waals surface area contributed by atoms with Gasteiger partial charge in [-0.25, -0.2) is 12.7 Å². The van der Waals surface area contributed by atoms with E-state index in [0.717, 1.165) is 19.4 Å². The second kappa shape index (κ2) is 5.36. The number of hydrogen-bond donors (Lipinski definition) is 1. The number of anilines is 2. The molecule has 19 heavy (non-hydrogen) atoms. The summed E-state index contributed by atoms with van der Waals surface area (Å²) < 4.78 is 25.4. The van der Waals surface area contributed by atoms with Gasteiger partial charge in [-0.05, 0) is 31.0 Å². The molecule has 0 spiro atoms. The molecule has 2 rings (SSSR count). The van der Waals surface area contributed by atoms with E-state index in [4.69, 9.17) is 10.6 Å². The van der Waals surface area contributed by atoms with E-state index in [1.807, 2.05) is 0 Å². The fourth-order valence-corrected chi connectivity index (χ4v) is 2.82. The molecule has 0 aliphatic carbocycles. The Morgan fingerprint density at radius 1 is 1.32 bits per heavy atom. The molecule has 0 amide bonds. The first-order chi connectivity index (χ1) is 8.93. The van der Waals surface area contributed by atoms with Gasteiger partial charge in [-0.1, -0.05) is 0 Å². The fraction of sp³-hybridized carbons (Fsp3) is 0.500. The average molecular weight is 285 g/mol. The summed E-state index contributed by atoms with van der Waals surface area (Å²) >= 11 is 0. The smallest absolute Gasteiger partial charge is 0.242 e. The Kier molecular flexibility index (Phi) is 3.98. The van der Waals surface area contributed by atoms with Gasteiger partial charge < -0.3 is 5.73 Å². The number of benzene rings is 1. The van der Waals surface area contributed by atoms with Crippen LogP contribution in [0, 0.1) is 0 Å². The number of rotatable bonds is 3. The van der Waals surface area contributed by atoms with Crippen LogP contribution in [0.4, 0.5) is 11.4 Å². The average Bonchev–Trinajstić information content (AvgIpc) is 2.39. The van der Waals surface area contributed by atoms with E-state index >= 15 is 0 Å². The van der Waals surface area contributed by atoms with E-state index in [0.29, 0.717) is 18.0 Å². The normalized spacial score (nSPS) is 16.9. The van der Waals surface area contributed by atoms with Crippen molar-refractivity contribution in [2.75, 3.05) is 38.0 Å². The molecule has 0 radical (unpaired) electrons. The third-order valence-corrected chi connectivity index (χ3v) is 4.86. The van der Waals surface area contributed by atoms with Gasteiger partial charge in [0, 0.05) is 20.6 Å². The number of hydrogen-bond acceptors (Lipinski definition) is 5. The first kappa shape index (κ1) is 14.1. The van der Waals surface area contributed by atoms with Gasteiger partial charge >= 0.3 is 0 Å². The van der Waals surface area contributed by atoms with Crippen LogP contribution in [0.1, 0.15) is 12.8 Å². The summed E-state index contributed by atoms with van der Waals surface area (Å²) in [5, 5.41) is 1.67. The maximum atomic E-state index is 12.1. The molecule has 0 atom stereocenters. The van der Waals surface area contributed by atoms with Crippen LogP contribution < -0.4 is 10.8 Å². The van der Waals surface area contributed by atoms with Gasteiger partial charge in [-0.3, -0.25) is 9.90 Å². The summed E-state index contributed by atoms with van der Waals surface area (Å²) in [7, 11) is -0.454. The standard InChI is InChI=1S/C12H19N3O3S/c1-14(2)19(16,17)10-5-6-11(13)12(9-10)15-7-3-4-8-18-15/h5-6,9H,3-4,7-8,13H2,1-2H3. The van der Waals surface area contributed by atoms with E-state index in [-0.39, 0.29) is 4.90 Å². The van der Waals surface area contributed by atoms with Crippen molar-refractivity contribution >= 4 is 21.4 Å². The first-order valence-electron chi connectivity index (χ1n) is 6.15. The molecule has 1 aromatic carbocycles. The zero-order chi connectivity index (χ0) is 14.0. The largest absolute Gasteiger partial charge is 0.397 e. The van der Waals surface area contributed by atoms with Gasteiger partial charge in [-0.15, -0.1) is 0 Å². The van der Waals surface area contributed by atoms with E-state index in [2.05, 4.69) is 0 Å². The monoisotopic (exact) mass is 285 g/mol. The first-order valence-corrected chi connectivity index (χ1v) is 7.59. The predicted molar refractivity (Wildman–Crippen MR) is 74.3 cm³/mol. The summed E-state index contributed by atoms with van der Waals surface area (Å²) in [6.45, 7) is 1.35. The minimum atomic E-state index is -3.46. The minimum Gasteiger partial charge on any atom is -0.397 e. The summed E-state index contributed by atoms with van der Waals surface area (Å²) in [5.41, 5.74) is 7.04. The molecule has 0 saturated carbocycles. The molecule has 6 nitrogen and oxygen atoms in total. The molecule has 0 aromatic heterocycles. The second-order valence-electron chi connectivity index (χ2n) is 4.65. The maximum absolute atomic E-state index is 12.1. The topological polar surface area (TPSA) is 75.9 Å². The van der Waals surface area contributed by atoms with Crippen molar-refractivity contribution in [3.05, 3.63) is 18.2 Å². The molecule has 1 fully saturated rings. The molecule has 0 bridgehead atoms. The van der Waals surface area contributed by atoms with Gasteiger partial charge in [0.15, 0.2) is 0 Å². The lowest BCUT2D eigenvalue weighted by Crippen LogP contribution is -2.31. The third-order valence-electron chi connectivity index (χ3n) is 3.05. The summed E-state index contributed by atoms with van der Waals surface area (Å²) in [6, 6.07) is 4.68.